The zero-order valence-electron chi connectivity index (χ0n) is 11.2. The van der Waals surface area contributed by atoms with Crippen molar-refractivity contribution in [2.45, 2.75) is 45.3 Å². The quantitative estimate of drug-likeness (QED) is 0.203. The number of halogens is 1. The van der Waals surface area contributed by atoms with Gasteiger partial charge in [0.25, 0.3) is 0 Å². The highest BCUT2D eigenvalue weighted by Gasteiger charge is 2.21. The summed E-state index contributed by atoms with van der Waals surface area (Å²) >= 11 is 0. The van der Waals surface area contributed by atoms with Crippen LogP contribution in [0.5, 0.6) is 0 Å². The van der Waals surface area contributed by atoms with Gasteiger partial charge in [0.1, 0.15) is 18.4 Å². The number of ether oxygens (including phenoxy) is 2. The van der Waals surface area contributed by atoms with E-state index in [-0.39, 0.29) is 18.4 Å². The van der Waals surface area contributed by atoms with Crippen LogP contribution in [-0.2, 0) is 14.3 Å². The summed E-state index contributed by atoms with van der Waals surface area (Å²) in [7, 11) is 0. The largest absolute Gasteiger partial charge is 0.469 e. The lowest BCUT2D eigenvalue weighted by atomic mass is 10.1. The highest BCUT2D eigenvalue weighted by molar-refractivity contribution is 5.85. The molecule has 0 saturated carbocycles. The molecule has 0 aromatic carbocycles. The molecule has 0 aromatic heterocycles. The van der Waals surface area contributed by atoms with Crippen LogP contribution in [0, 0.1) is 5.41 Å². The van der Waals surface area contributed by atoms with Gasteiger partial charge in [0, 0.05) is 0 Å². The van der Waals surface area contributed by atoms with Gasteiger partial charge in [0.05, 0.1) is 0 Å². The molecule has 0 rings (SSSR count). The second-order valence-electron chi connectivity index (χ2n) is 4.71. The summed E-state index contributed by atoms with van der Waals surface area (Å²) in [6.45, 7) is 6.42. The molecule has 18 heavy (non-hydrogen) atoms. The molecule has 0 amide bonds. The molecule has 1 atom stereocenters. The van der Waals surface area contributed by atoms with Crippen molar-refractivity contribution in [3.8, 4) is 0 Å². The van der Waals surface area contributed by atoms with E-state index in [2.05, 4.69) is 10.1 Å². The number of hydrogen-bond acceptors (Lipinski definition) is 6. The zero-order valence-corrected chi connectivity index (χ0v) is 12.0. The van der Waals surface area contributed by atoms with Crippen molar-refractivity contribution in [1.82, 2.24) is 5.32 Å². The van der Waals surface area contributed by atoms with Gasteiger partial charge < -0.3 is 15.2 Å². The Kier molecular flexibility index (Phi) is 10.9. The Labute approximate surface area is 115 Å². The lowest BCUT2D eigenvalue weighted by Gasteiger charge is -2.22. The van der Waals surface area contributed by atoms with E-state index in [9.17, 15) is 4.79 Å². The number of carbonyl (C=O) groups excluding carboxylic acids is 1. The van der Waals surface area contributed by atoms with Crippen LogP contribution in [0.25, 0.3) is 0 Å². The van der Waals surface area contributed by atoms with Gasteiger partial charge in [-0.3, -0.25) is 15.5 Å². The van der Waals surface area contributed by atoms with Crippen LogP contribution in [0.4, 0.5) is 0 Å². The molecule has 0 aliphatic rings. The van der Waals surface area contributed by atoms with Crippen molar-refractivity contribution in [2.75, 3.05) is 13.3 Å². The molecular weight excluding hydrogens is 258 g/mol. The van der Waals surface area contributed by atoms with Gasteiger partial charge in [-0.2, -0.15) is 0 Å². The summed E-state index contributed by atoms with van der Waals surface area (Å²) in [5, 5.41) is 9.57. The molecule has 0 bridgehead atoms. The summed E-state index contributed by atoms with van der Waals surface area (Å²) in [6, 6.07) is -0.584. The molecule has 0 aliphatic heterocycles. The standard InChI is InChI=1S/C11H23N3O3.ClH/c1-11(2,3)17-10(15)9(13)5-4-6-14-8-16-7-12;/h7,9,12,14H,4-6,8,13H2,1-3H3;1H/t9-;/m0./s1. The second-order valence-corrected chi connectivity index (χ2v) is 4.71. The number of carbonyl (C=O) groups is 1. The van der Waals surface area contributed by atoms with Crippen molar-refractivity contribution in [3.05, 3.63) is 0 Å². The Morgan fingerprint density at radius 2 is 2.11 bits per heavy atom. The smallest absolute Gasteiger partial charge is 0.323 e. The number of nitrogens with two attached hydrogens (primary N) is 1. The van der Waals surface area contributed by atoms with E-state index in [0.717, 1.165) is 12.8 Å². The number of rotatable bonds is 8. The summed E-state index contributed by atoms with van der Waals surface area (Å²) in [4.78, 5) is 11.5. The summed E-state index contributed by atoms with van der Waals surface area (Å²) in [6.07, 6.45) is 2.19. The molecule has 0 spiro atoms. The summed E-state index contributed by atoms with van der Waals surface area (Å²) in [5.41, 5.74) is 5.20. The van der Waals surface area contributed by atoms with Crippen LogP contribution in [0.3, 0.4) is 0 Å². The number of hydrogen-bond donors (Lipinski definition) is 3. The van der Waals surface area contributed by atoms with Crippen LogP contribution < -0.4 is 11.1 Å². The molecule has 0 fully saturated rings. The minimum absolute atomic E-state index is 0. The van der Waals surface area contributed by atoms with Gasteiger partial charge in [-0.25, -0.2) is 0 Å². The molecule has 7 heteroatoms. The fraction of sp³-hybridized carbons (Fsp3) is 0.818. The third-order valence-corrected chi connectivity index (χ3v) is 1.85. The summed E-state index contributed by atoms with van der Waals surface area (Å²) in [5.74, 6) is -0.367. The van der Waals surface area contributed by atoms with E-state index >= 15 is 0 Å². The molecule has 4 N–H and O–H groups in total. The van der Waals surface area contributed by atoms with Gasteiger partial charge in [0.2, 0.25) is 0 Å². The molecule has 0 radical (unpaired) electrons. The van der Waals surface area contributed by atoms with E-state index in [1.165, 1.54) is 0 Å². The first kappa shape index (κ1) is 19.5. The third-order valence-electron chi connectivity index (χ3n) is 1.85. The van der Waals surface area contributed by atoms with Gasteiger partial charge in [-0.1, -0.05) is 0 Å². The first-order valence-electron chi connectivity index (χ1n) is 5.66. The topological polar surface area (TPSA) is 97.4 Å². The molecule has 0 aromatic rings. The molecule has 0 heterocycles. The maximum Gasteiger partial charge on any atom is 0.323 e. The molecular formula is C11H24ClN3O3. The summed E-state index contributed by atoms with van der Waals surface area (Å²) < 4.78 is 9.82. The predicted molar refractivity (Wildman–Crippen MR) is 73.0 cm³/mol. The maximum absolute atomic E-state index is 11.5. The molecule has 6 nitrogen and oxygen atoms in total. The Hall–Kier alpha value is -0.850. The average molecular weight is 282 g/mol. The highest BCUT2D eigenvalue weighted by atomic mass is 35.5. The molecule has 0 unspecified atom stereocenters. The monoisotopic (exact) mass is 281 g/mol. The Morgan fingerprint density at radius 1 is 1.50 bits per heavy atom. The van der Waals surface area contributed by atoms with E-state index < -0.39 is 11.6 Å². The average Bonchev–Trinajstić information content (AvgIpc) is 2.20. The molecule has 108 valence electrons. The lowest BCUT2D eigenvalue weighted by molar-refractivity contribution is -0.156. The fourth-order valence-corrected chi connectivity index (χ4v) is 1.12. The van der Waals surface area contributed by atoms with Crippen molar-refractivity contribution in [3.63, 3.8) is 0 Å². The maximum atomic E-state index is 11.5. The number of nitrogens with one attached hydrogen (secondary N) is 2. The van der Waals surface area contributed by atoms with E-state index in [0.29, 0.717) is 19.7 Å². The minimum atomic E-state index is -0.584. The van der Waals surface area contributed by atoms with Crippen molar-refractivity contribution in [2.24, 2.45) is 5.73 Å². The van der Waals surface area contributed by atoms with Crippen molar-refractivity contribution >= 4 is 24.8 Å². The van der Waals surface area contributed by atoms with E-state index in [4.69, 9.17) is 15.9 Å². The van der Waals surface area contributed by atoms with Crippen molar-refractivity contribution < 1.29 is 14.3 Å². The first-order valence-corrected chi connectivity index (χ1v) is 5.66. The van der Waals surface area contributed by atoms with Crippen LogP contribution in [0.15, 0.2) is 0 Å². The van der Waals surface area contributed by atoms with Crippen molar-refractivity contribution in [1.29, 1.82) is 5.41 Å². The first-order chi connectivity index (χ1) is 7.87. The van der Waals surface area contributed by atoms with Gasteiger partial charge >= 0.3 is 5.97 Å². The van der Waals surface area contributed by atoms with E-state index in [1.54, 1.807) is 0 Å². The van der Waals surface area contributed by atoms with Crippen LogP contribution in [0.1, 0.15) is 33.6 Å². The molecule has 0 saturated heterocycles. The Bertz CT molecular complexity index is 244. The van der Waals surface area contributed by atoms with Gasteiger partial charge in [-0.15, -0.1) is 12.4 Å². The van der Waals surface area contributed by atoms with Crippen LogP contribution in [-0.4, -0.2) is 37.3 Å². The van der Waals surface area contributed by atoms with Gasteiger partial charge in [0.15, 0.2) is 6.40 Å². The number of esters is 1. The van der Waals surface area contributed by atoms with Crippen LogP contribution in [0.2, 0.25) is 0 Å². The zero-order chi connectivity index (χ0) is 13.3. The SMILES string of the molecule is CC(C)(C)OC(=O)[C@@H](N)CCCNCOC=N.Cl. The third kappa shape index (κ3) is 11.6. The lowest BCUT2D eigenvalue weighted by Crippen LogP contribution is -2.37. The second kappa shape index (κ2) is 10.1. The molecule has 0 aliphatic carbocycles. The minimum Gasteiger partial charge on any atom is -0.469 e. The van der Waals surface area contributed by atoms with E-state index in [1.807, 2.05) is 20.8 Å². The predicted octanol–water partition coefficient (Wildman–Crippen LogP) is 1.03. The van der Waals surface area contributed by atoms with Gasteiger partial charge in [-0.05, 0) is 40.2 Å². The fourth-order valence-electron chi connectivity index (χ4n) is 1.12. The Morgan fingerprint density at radius 3 is 2.61 bits per heavy atom. The normalized spacial score (nSPS) is 12.2. The van der Waals surface area contributed by atoms with Crippen LogP contribution >= 0.6 is 12.4 Å². The highest BCUT2D eigenvalue weighted by Crippen LogP contribution is 2.09. The Balaban J connectivity index is 0.